The maximum atomic E-state index is 12.4. The van der Waals surface area contributed by atoms with Crippen LogP contribution in [0.2, 0.25) is 0 Å². The molecule has 2 amide bonds. The molecule has 1 fully saturated rings. The maximum absolute atomic E-state index is 12.4. The summed E-state index contributed by atoms with van der Waals surface area (Å²) >= 11 is 0. The largest absolute Gasteiger partial charge is 0.323 e. The quantitative estimate of drug-likeness (QED) is 0.927. The summed E-state index contributed by atoms with van der Waals surface area (Å²) in [5.74, 6) is 0. The summed E-state index contributed by atoms with van der Waals surface area (Å²) in [4.78, 5) is 15.6. The normalized spacial score (nSPS) is 17.1. The molecule has 1 aliphatic rings. The van der Waals surface area contributed by atoms with Crippen LogP contribution in [0.5, 0.6) is 0 Å². The van der Waals surface area contributed by atoms with E-state index >= 15 is 0 Å². The third kappa shape index (κ3) is 4.66. The molecule has 2 rings (SSSR count). The minimum atomic E-state index is -2.33. The highest BCUT2D eigenvalue weighted by Crippen LogP contribution is 2.12. The Bertz CT molecular complexity index is 491. The molecular weight excluding hydrogens is 292 g/mol. The van der Waals surface area contributed by atoms with Gasteiger partial charge in [0.1, 0.15) is 0 Å². The smallest absolute Gasteiger partial charge is 0.321 e. The molecule has 0 unspecified atom stereocenters. The summed E-state index contributed by atoms with van der Waals surface area (Å²) in [6.07, 6.45) is 1.76. The number of alkyl halides is 2. The van der Waals surface area contributed by atoms with Gasteiger partial charge in [-0.2, -0.15) is 5.10 Å². The van der Waals surface area contributed by atoms with Crippen LogP contribution in [0.15, 0.2) is 12.4 Å². The van der Waals surface area contributed by atoms with Gasteiger partial charge in [0.25, 0.3) is 6.43 Å². The van der Waals surface area contributed by atoms with Gasteiger partial charge in [-0.1, -0.05) is 0 Å². The van der Waals surface area contributed by atoms with Gasteiger partial charge in [0.15, 0.2) is 0 Å². The van der Waals surface area contributed by atoms with Crippen molar-refractivity contribution in [3.63, 3.8) is 0 Å². The van der Waals surface area contributed by atoms with Crippen molar-refractivity contribution in [3.8, 4) is 0 Å². The molecule has 22 heavy (non-hydrogen) atoms. The molecule has 1 aromatic rings. The van der Waals surface area contributed by atoms with E-state index in [1.54, 1.807) is 26.9 Å². The molecule has 124 valence electrons. The Kier molecular flexibility index (Phi) is 5.70. The van der Waals surface area contributed by atoms with E-state index in [0.717, 1.165) is 0 Å². The summed E-state index contributed by atoms with van der Waals surface area (Å²) in [7, 11) is 0. The van der Waals surface area contributed by atoms with E-state index in [1.165, 1.54) is 0 Å². The van der Waals surface area contributed by atoms with Crippen LogP contribution in [-0.4, -0.2) is 64.8 Å². The monoisotopic (exact) mass is 315 g/mol. The number of carbonyl (C=O) groups excluding carboxylic acids is 1. The summed E-state index contributed by atoms with van der Waals surface area (Å²) < 4.78 is 26.6. The fourth-order valence-electron chi connectivity index (χ4n) is 2.44. The topological polar surface area (TPSA) is 53.4 Å². The zero-order valence-electron chi connectivity index (χ0n) is 13.0. The van der Waals surface area contributed by atoms with Crippen LogP contribution in [0.1, 0.15) is 26.3 Å². The number of urea groups is 1. The Balaban J connectivity index is 1.86. The molecule has 0 spiro atoms. The van der Waals surface area contributed by atoms with Crippen molar-refractivity contribution in [1.29, 1.82) is 0 Å². The molecule has 0 saturated carbocycles. The molecule has 1 aromatic heterocycles. The van der Waals surface area contributed by atoms with E-state index in [9.17, 15) is 13.6 Å². The van der Waals surface area contributed by atoms with E-state index in [-0.39, 0.29) is 18.6 Å². The Morgan fingerprint density at radius 1 is 1.32 bits per heavy atom. The minimum absolute atomic E-state index is 0.206. The first-order valence-corrected chi connectivity index (χ1v) is 7.56. The lowest BCUT2D eigenvalue weighted by atomic mass is 10.4. The van der Waals surface area contributed by atoms with Crippen molar-refractivity contribution >= 4 is 11.7 Å². The van der Waals surface area contributed by atoms with Gasteiger partial charge in [0.2, 0.25) is 0 Å². The molecule has 1 saturated heterocycles. The first-order chi connectivity index (χ1) is 10.5. The van der Waals surface area contributed by atoms with Gasteiger partial charge in [-0.05, 0) is 20.3 Å². The first-order valence-electron chi connectivity index (χ1n) is 7.56. The van der Waals surface area contributed by atoms with Crippen LogP contribution >= 0.6 is 0 Å². The first kappa shape index (κ1) is 16.7. The predicted molar refractivity (Wildman–Crippen MR) is 80.3 cm³/mol. The summed E-state index contributed by atoms with van der Waals surface area (Å²) in [5.41, 5.74) is 0.646. The highest BCUT2D eigenvalue weighted by molar-refractivity contribution is 5.89. The fourth-order valence-corrected chi connectivity index (χ4v) is 2.44. The van der Waals surface area contributed by atoms with Crippen molar-refractivity contribution in [2.24, 2.45) is 0 Å². The zero-order valence-corrected chi connectivity index (χ0v) is 13.0. The molecule has 6 nitrogen and oxygen atoms in total. The second-order valence-electron chi connectivity index (χ2n) is 5.77. The second-order valence-corrected chi connectivity index (χ2v) is 5.77. The van der Waals surface area contributed by atoms with Gasteiger partial charge in [-0.3, -0.25) is 9.58 Å². The van der Waals surface area contributed by atoms with Crippen molar-refractivity contribution in [2.45, 2.75) is 32.7 Å². The van der Waals surface area contributed by atoms with E-state index in [1.807, 2.05) is 13.8 Å². The van der Waals surface area contributed by atoms with Crippen LogP contribution in [0.25, 0.3) is 0 Å². The highest BCUT2D eigenvalue weighted by atomic mass is 19.3. The number of hydrogen-bond acceptors (Lipinski definition) is 3. The van der Waals surface area contributed by atoms with E-state index < -0.39 is 6.43 Å². The number of carbonyl (C=O) groups is 1. The van der Waals surface area contributed by atoms with Crippen LogP contribution in [0.4, 0.5) is 19.3 Å². The number of aromatic nitrogens is 2. The molecular formula is C14H23F2N5O. The van der Waals surface area contributed by atoms with Crippen molar-refractivity contribution in [1.82, 2.24) is 19.6 Å². The van der Waals surface area contributed by atoms with Gasteiger partial charge >= 0.3 is 6.03 Å². The zero-order chi connectivity index (χ0) is 16.1. The molecule has 1 N–H and O–H groups in total. The van der Waals surface area contributed by atoms with Crippen LogP contribution < -0.4 is 5.32 Å². The van der Waals surface area contributed by atoms with Gasteiger partial charge in [-0.25, -0.2) is 13.6 Å². The highest BCUT2D eigenvalue weighted by Gasteiger charge is 2.21. The van der Waals surface area contributed by atoms with Gasteiger partial charge < -0.3 is 10.2 Å². The summed E-state index contributed by atoms with van der Waals surface area (Å²) in [6, 6.07) is 0.0222. The van der Waals surface area contributed by atoms with Crippen molar-refractivity contribution in [3.05, 3.63) is 12.4 Å². The van der Waals surface area contributed by atoms with E-state index in [4.69, 9.17) is 0 Å². The SMILES string of the molecule is CC(C)n1cc(NC(=O)N2CCCN(CC(F)F)CC2)cn1. The second kappa shape index (κ2) is 7.53. The van der Waals surface area contributed by atoms with Crippen LogP contribution in [-0.2, 0) is 0 Å². The van der Waals surface area contributed by atoms with Gasteiger partial charge in [0, 0.05) is 38.4 Å². The molecule has 1 aliphatic heterocycles. The number of rotatable bonds is 4. The lowest BCUT2D eigenvalue weighted by molar-refractivity contribution is 0.0905. The number of halogens is 2. The molecule has 0 radical (unpaired) electrons. The Labute approximate surface area is 129 Å². The minimum Gasteiger partial charge on any atom is -0.323 e. The number of nitrogens with one attached hydrogen (secondary N) is 1. The molecule has 2 heterocycles. The summed E-state index contributed by atoms with van der Waals surface area (Å²) in [6.45, 7) is 5.88. The number of anilines is 1. The molecule has 0 atom stereocenters. The third-order valence-corrected chi connectivity index (χ3v) is 3.65. The van der Waals surface area contributed by atoms with Crippen LogP contribution in [0, 0.1) is 0 Å². The fraction of sp³-hybridized carbons (Fsp3) is 0.714. The number of nitrogens with zero attached hydrogens (tertiary/aromatic N) is 4. The Hall–Kier alpha value is -1.70. The Morgan fingerprint density at radius 3 is 2.73 bits per heavy atom. The van der Waals surface area contributed by atoms with Crippen molar-refractivity contribution < 1.29 is 13.6 Å². The van der Waals surface area contributed by atoms with Gasteiger partial charge in [-0.15, -0.1) is 0 Å². The standard InChI is InChI=1S/C14H23F2N5O/c1-11(2)21-9-12(8-17-21)18-14(22)20-5-3-4-19(6-7-20)10-13(15)16/h8-9,11,13H,3-7,10H2,1-2H3,(H,18,22). The van der Waals surface area contributed by atoms with Crippen LogP contribution in [0.3, 0.4) is 0 Å². The van der Waals surface area contributed by atoms with Crippen molar-refractivity contribution in [2.75, 3.05) is 38.0 Å². The lowest BCUT2D eigenvalue weighted by Crippen LogP contribution is -2.38. The molecule has 8 heteroatoms. The molecule has 0 aromatic carbocycles. The predicted octanol–water partition coefficient (Wildman–Crippen LogP) is 2.27. The average Bonchev–Trinajstić information content (AvgIpc) is 2.78. The van der Waals surface area contributed by atoms with E-state index in [0.29, 0.717) is 38.3 Å². The maximum Gasteiger partial charge on any atom is 0.321 e. The average molecular weight is 315 g/mol. The third-order valence-electron chi connectivity index (χ3n) is 3.65. The van der Waals surface area contributed by atoms with Gasteiger partial charge in [0.05, 0.1) is 18.4 Å². The molecule has 0 aliphatic carbocycles. The number of hydrogen-bond donors (Lipinski definition) is 1. The summed E-state index contributed by atoms with van der Waals surface area (Å²) in [5, 5.41) is 6.98. The molecule has 0 bridgehead atoms. The Morgan fingerprint density at radius 2 is 2.09 bits per heavy atom. The number of amides is 2. The van der Waals surface area contributed by atoms with E-state index in [2.05, 4.69) is 10.4 Å². The lowest BCUT2D eigenvalue weighted by Gasteiger charge is -2.21.